The van der Waals surface area contributed by atoms with E-state index in [2.05, 4.69) is 75.5 Å². The second kappa shape index (κ2) is 6.71. The molecular weight excluding hydrogens is 242 g/mol. The van der Waals surface area contributed by atoms with Gasteiger partial charge < -0.3 is 5.32 Å². The van der Waals surface area contributed by atoms with Gasteiger partial charge in [0.15, 0.2) is 0 Å². The Hall–Kier alpha value is -1.60. The van der Waals surface area contributed by atoms with Gasteiger partial charge in [0, 0.05) is 6.04 Å². The van der Waals surface area contributed by atoms with Crippen molar-refractivity contribution in [3.8, 4) is 0 Å². The second-order valence-corrected chi connectivity index (χ2v) is 5.67. The maximum Gasteiger partial charge on any atom is 0.0363 e. The van der Waals surface area contributed by atoms with E-state index in [1.54, 1.807) is 0 Å². The van der Waals surface area contributed by atoms with E-state index in [9.17, 15) is 0 Å². The SMILES string of the molecule is CCNC(Cc1cc(C)cc(C)c1)c1ccccc1C. The molecule has 1 nitrogen and oxygen atoms in total. The number of aryl methyl sites for hydroxylation is 3. The highest BCUT2D eigenvalue weighted by Crippen LogP contribution is 2.22. The maximum atomic E-state index is 3.63. The van der Waals surface area contributed by atoms with Gasteiger partial charge in [0.05, 0.1) is 0 Å². The zero-order valence-corrected chi connectivity index (χ0v) is 13.0. The standard InChI is InChI=1S/C19H25N/c1-5-20-19(18-9-7-6-8-16(18)4)13-17-11-14(2)10-15(3)12-17/h6-12,19-20H,5,13H2,1-4H3. The summed E-state index contributed by atoms with van der Waals surface area (Å²) in [4.78, 5) is 0. The average molecular weight is 267 g/mol. The van der Waals surface area contributed by atoms with Crippen LogP contribution in [0.3, 0.4) is 0 Å². The number of hydrogen-bond donors (Lipinski definition) is 1. The van der Waals surface area contributed by atoms with E-state index < -0.39 is 0 Å². The van der Waals surface area contributed by atoms with Crippen molar-refractivity contribution < 1.29 is 0 Å². The highest BCUT2D eigenvalue weighted by Gasteiger charge is 2.13. The molecule has 0 aliphatic carbocycles. The summed E-state index contributed by atoms with van der Waals surface area (Å²) < 4.78 is 0. The summed E-state index contributed by atoms with van der Waals surface area (Å²) in [5, 5.41) is 3.63. The topological polar surface area (TPSA) is 12.0 Å². The first-order valence-corrected chi connectivity index (χ1v) is 7.46. The average Bonchev–Trinajstić information content (AvgIpc) is 2.37. The van der Waals surface area contributed by atoms with Crippen molar-refractivity contribution in [2.45, 2.75) is 40.2 Å². The van der Waals surface area contributed by atoms with E-state index in [0.717, 1.165) is 13.0 Å². The molecule has 1 N–H and O–H groups in total. The van der Waals surface area contributed by atoms with E-state index in [1.165, 1.54) is 27.8 Å². The van der Waals surface area contributed by atoms with Gasteiger partial charge >= 0.3 is 0 Å². The molecule has 0 aliphatic heterocycles. The molecule has 106 valence electrons. The largest absolute Gasteiger partial charge is 0.310 e. The Morgan fingerprint density at radius 3 is 2.20 bits per heavy atom. The molecule has 0 amide bonds. The Kier molecular flexibility index (Phi) is 4.97. The summed E-state index contributed by atoms with van der Waals surface area (Å²) in [5.41, 5.74) is 6.88. The van der Waals surface area contributed by atoms with Crippen LogP contribution in [0.1, 0.15) is 40.8 Å². The summed E-state index contributed by atoms with van der Waals surface area (Å²) in [6.07, 6.45) is 1.04. The van der Waals surface area contributed by atoms with Crippen LogP contribution in [0.25, 0.3) is 0 Å². The second-order valence-electron chi connectivity index (χ2n) is 5.67. The van der Waals surface area contributed by atoms with Gasteiger partial charge in [-0.15, -0.1) is 0 Å². The Morgan fingerprint density at radius 2 is 1.60 bits per heavy atom. The first kappa shape index (κ1) is 14.8. The lowest BCUT2D eigenvalue weighted by Gasteiger charge is -2.21. The van der Waals surface area contributed by atoms with Crippen LogP contribution in [0.15, 0.2) is 42.5 Å². The van der Waals surface area contributed by atoms with Gasteiger partial charge in [0.25, 0.3) is 0 Å². The smallest absolute Gasteiger partial charge is 0.0363 e. The number of likely N-dealkylation sites (N-methyl/N-ethyl adjacent to an activating group) is 1. The molecular formula is C19H25N. The van der Waals surface area contributed by atoms with E-state index in [4.69, 9.17) is 0 Å². The molecule has 0 aromatic heterocycles. The number of hydrogen-bond acceptors (Lipinski definition) is 1. The van der Waals surface area contributed by atoms with Gasteiger partial charge in [-0.1, -0.05) is 60.5 Å². The first-order valence-electron chi connectivity index (χ1n) is 7.46. The van der Waals surface area contributed by atoms with Crippen LogP contribution in [0.4, 0.5) is 0 Å². The molecule has 0 aliphatic rings. The van der Waals surface area contributed by atoms with E-state index in [-0.39, 0.29) is 0 Å². The molecule has 0 saturated carbocycles. The van der Waals surface area contributed by atoms with Crippen LogP contribution >= 0.6 is 0 Å². The zero-order valence-electron chi connectivity index (χ0n) is 13.0. The van der Waals surface area contributed by atoms with Gasteiger partial charge in [-0.25, -0.2) is 0 Å². The summed E-state index contributed by atoms with van der Waals surface area (Å²) in [6.45, 7) is 9.71. The molecule has 0 radical (unpaired) electrons. The van der Waals surface area contributed by atoms with Crippen LogP contribution < -0.4 is 5.32 Å². The molecule has 0 heterocycles. The lowest BCUT2D eigenvalue weighted by molar-refractivity contribution is 0.547. The lowest BCUT2D eigenvalue weighted by atomic mass is 9.94. The molecule has 2 aromatic rings. The third kappa shape index (κ3) is 3.71. The molecule has 0 saturated heterocycles. The summed E-state index contributed by atoms with van der Waals surface area (Å²) >= 11 is 0. The van der Waals surface area contributed by atoms with Crippen molar-refractivity contribution in [1.82, 2.24) is 5.32 Å². The highest BCUT2D eigenvalue weighted by molar-refractivity contribution is 5.33. The molecule has 0 fully saturated rings. The van der Waals surface area contributed by atoms with Crippen LogP contribution in [0.2, 0.25) is 0 Å². The predicted octanol–water partition coefficient (Wildman–Crippen LogP) is 4.51. The third-order valence-corrected chi connectivity index (χ3v) is 3.74. The van der Waals surface area contributed by atoms with E-state index in [1.807, 2.05) is 0 Å². The fraction of sp³-hybridized carbons (Fsp3) is 0.368. The van der Waals surface area contributed by atoms with Crippen LogP contribution in [-0.2, 0) is 6.42 Å². The number of nitrogens with one attached hydrogen (secondary N) is 1. The minimum atomic E-state index is 0.391. The maximum absolute atomic E-state index is 3.63. The fourth-order valence-corrected chi connectivity index (χ4v) is 2.94. The fourth-order valence-electron chi connectivity index (χ4n) is 2.94. The van der Waals surface area contributed by atoms with E-state index >= 15 is 0 Å². The minimum absolute atomic E-state index is 0.391. The summed E-state index contributed by atoms with van der Waals surface area (Å²) in [6, 6.07) is 15.9. The van der Waals surface area contributed by atoms with Crippen molar-refractivity contribution in [3.05, 3.63) is 70.3 Å². The van der Waals surface area contributed by atoms with Crippen molar-refractivity contribution in [2.75, 3.05) is 6.54 Å². The van der Waals surface area contributed by atoms with Gasteiger partial charge in [-0.05, 0) is 50.4 Å². The molecule has 2 aromatic carbocycles. The van der Waals surface area contributed by atoms with Gasteiger partial charge in [0.2, 0.25) is 0 Å². The van der Waals surface area contributed by atoms with Gasteiger partial charge in [0.1, 0.15) is 0 Å². The molecule has 2 rings (SSSR count). The third-order valence-electron chi connectivity index (χ3n) is 3.74. The summed E-state index contributed by atoms with van der Waals surface area (Å²) in [5.74, 6) is 0. The van der Waals surface area contributed by atoms with Gasteiger partial charge in [-0.3, -0.25) is 0 Å². The Morgan fingerprint density at radius 1 is 0.950 bits per heavy atom. The van der Waals surface area contributed by atoms with Crippen molar-refractivity contribution in [1.29, 1.82) is 0 Å². The van der Waals surface area contributed by atoms with Crippen LogP contribution in [0, 0.1) is 20.8 Å². The minimum Gasteiger partial charge on any atom is -0.310 e. The van der Waals surface area contributed by atoms with Crippen molar-refractivity contribution in [3.63, 3.8) is 0 Å². The van der Waals surface area contributed by atoms with Crippen molar-refractivity contribution >= 4 is 0 Å². The van der Waals surface area contributed by atoms with Crippen LogP contribution in [0.5, 0.6) is 0 Å². The molecule has 1 unspecified atom stereocenters. The zero-order chi connectivity index (χ0) is 14.5. The molecule has 1 heteroatoms. The van der Waals surface area contributed by atoms with Gasteiger partial charge in [-0.2, -0.15) is 0 Å². The Balaban J connectivity index is 2.28. The molecule has 0 bridgehead atoms. The van der Waals surface area contributed by atoms with Crippen molar-refractivity contribution in [2.24, 2.45) is 0 Å². The highest BCUT2D eigenvalue weighted by atomic mass is 14.9. The lowest BCUT2D eigenvalue weighted by Crippen LogP contribution is -2.23. The molecule has 0 spiro atoms. The Bertz CT molecular complexity index is 551. The predicted molar refractivity (Wildman–Crippen MR) is 87.2 cm³/mol. The van der Waals surface area contributed by atoms with E-state index in [0.29, 0.717) is 6.04 Å². The van der Waals surface area contributed by atoms with Crippen LogP contribution in [-0.4, -0.2) is 6.54 Å². The molecule has 20 heavy (non-hydrogen) atoms. The quantitative estimate of drug-likeness (QED) is 0.840. The number of benzene rings is 2. The number of rotatable bonds is 5. The first-order chi connectivity index (χ1) is 9.60. The monoisotopic (exact) mass is 267 g/mol. The Labute approximate surface area is 123 Å². The summed E-state index contributed by atoms with van der Waals surface area (Å²) in [7, 11) is 0. The molecule has 1 atom stereocenters. The normalized spacial score (nSPS) is 12.4.